The second-order valence-corrected chi connectivity index (χ2v) is 6.41. The van der Waals surface area contributed by atoms with E-state index in [1.807, 2.05) is 6.92 Å². The molecule has 0 radical (unpaired) electrons. The van der Waals surface area contributed by atoms with Crippen LogP contribution in [0, 0.1) is 5.92 Å². The van der Waals surface area contributed by atoms with Crippen molar-refractivity contribution in [2.45, 2.75) is 24.7 Å². The summed E-state index contributed by atoms with van der Waals surface area (Å²) < 4.78 is 26.2. The van der Waals surface area contributed by atoms with E-state index in [-0.39, 0.29) is 0 Å². The molecule has 0 unspecified atom stereocenters. The van der Waals surface area contributed by atoms with Gasteiger partial charge in [-0.1, -0.05) is 13.0 Å². The van der Waals surface area contributed by atoms with Crippen molar-refractivity contribution in [2.24, 2.45) is 5.92 Å². The van der Waals surface area contributed by atoms with Crippen LogP contribution in [0.1, 0.15) is 19.8 Å². The minimum absolute atomic E-state index is 0.292. The number of benzene rings is 1. The minimum atomic E-state index is -3.38. The van der Waals surface area contributed by atoms with Gasteiger partial charge in [0.25, 0.3) is 0 Å². The van der Waals surface area contributed by atoms with Crippen LogP contribution in [0.2, 0.25) is 0 Å². The van der Waals surface area contributed by atoms with E-state index in [9.17, 15) is 8.42 Å². The Bertz CT molecular complexity index is 495. The van der Waals surface area contributed by atoms with Crippen LogP contribution in [0.15, 0.2) is 29.2 Å². The van der Waals surface area contributed by atoms with E-state index in [1.165, 1.54) is 6.07 Å². The maximum absolute atomic E-state index is 12.3. The van der Waals surface area contributed by atoms with Crippen molar-refractivity contribution < 1.29 is 8.42 Å². The van der Waals surface area contributed by atoms with Crippen molar-refractivity contribution in [1.29, 1.82) is 0 Å². The number of hydrogen-bond donors (Lipinski definition) is 1. The lowest BCUT2D eigenvalue weighted by Gasteiger charge is -2.20. The largest absolute Gasteiger partial charge is 0.399 e. The third-order valence-corrected chi connectivity index (χ3v) is 4.94. The molecule has 0 aromatic heterocycles. The van der Waals surface area contributed by atoms with Gasteiger partial charge >= 0.3 is 0 Å². The standard InChI is InChI=1S/C12H18N2O2S/c1-2-14(9-10-6-7-10)17(15,16)12-5-3-4-11(13)8-12/h3-5,8,10H,2,6-7,9,13H2,1H3. The van der Waals surface area contributed by atoms with Crippen LogP contribution < -0.4 is 5.73 Å². The molecule has 0 atom stereocenters. The Morgan fingerprint density at radius 3 is 2.65 bits per heavy atom. The summed E-state index contributed by atoms with van der Waals surface area (Å²) in [6, 6.07) is 6.48. The zero-order valence-electron chi connectivity index (χ0n) is 9.96. The monoisotopic (exact) mass is 254 g/mol. The first-order valence-electron chi connectivity index (χ1n) is 5.89. The highest BCUT2D eigenvalue weighted by Gasteiger charge is 2.30. The van der Waals surface area contributed by atoms with E-state index in [0.717, 1.165) is 12.8 Å². The highest BCUT2D eigenvalue weighted by molar-refractivity contribution is 7.89. The molecule has 0 heterocycles. The summed E-state index contributed by atoms with van der Waals surface area (Å²) in [7, 11) is -3.38. The fourth-order valence-corrected chi connectivity index (χ4v) is 3.39. The Balaban J connectivity index is 2.26. The van der Waals surface area contributed by atoms with Crippen molar-refractivity contribution in [3.63, 3.8) is 0 Å². The molecule has 4 nitrogen and oxygen atoms in total. The molecule has 0 bridgehead atoms. The number of rotatable bonds is 5. The minimum Gasteiger partial charge on any atom is -0.399 e. The first-order chi connectivity index (χ1) is 8.04. The third kappa shape index (κ3) is 2.79. The molecule has 17 heavy (non-hydrogen) atoms. The van der Waals surface area contributed by atoms with Gasteiger partial charge in [-0.2, -0.15) is 4.31 Å². The average molecular weight is 254 g/mol. The van der Waals surface area contributed by atoms with Crippen LogP contribution in [0.4, 0.5) is 5.69 Å². The summed E-state index contributed by atoms with van der Waals surface area (Å²) >= 11 is 0. The van der Waals surface area contributed by atoms with Gasteiger partial charge in [0, 0.05) is 18.8 Å². The molecule has 0 aliphatic heterocycles. The van der Waals surface area contributed by atoms with Gasteiger partial charge in [0.05, 0.1) is 4.90 Å². The van der Waals surface area contributed by atoms with Crippen LogP contribution in [0.5, 0.6) is 0 Å². The van der Waals surface area contributed by atoms with Gasteiger partial charge in [-0.3, -0.25) is 0 Å². The van der Waals surface area contributed by atoms with Crippen molar-refractivity contribution in [3.8, 4) is 0 Å². The van der Waals surface area contributed by atoms with Gasteiger partial charge in [0.15, 0.2) is 0 Å². The normalized spacial score (nSPS) is 16.4. The molecule has 5 heteroatoms. The molecular formula is C12H18N2O2S. The number of sulfonamides is 1. The van der Waals surface area contributed by atoms with Crippen LogP contribution in [0.25, 0.3) is 0 Å². The van der Waals surface area contributed by atoms with E-state index >= 15 is 0 Å². The van der Waals surface area contributed by atoms with E-state index < -0.39 is 10.0 Å². The Hall–Kier alpha value is -1.07. The summed E-state index contributed by atoms with van der Waals surface area (Å²) in [5, 5.41) is 0. The number of nitrogens with zero attached hydrogens (tertiary/aromatic N) is 1. The van der Waals surface area contributed by atoms with E-state index in [0.29, 0.717) is 29.6 Å². The lowest BCUT2D eigenvalue weighted by atomic mass is 10.3. The molecule has 1 aromatic rings. The Labute approximate surface area is 102 Å². The first kappa shape index (κ1) is 12.4. The van der Waals surface area contributed by atoms with Crippen molar-refractivity contribution in [1.82, 2.24) is 4.31 Å². The zero-order chi connectivity index (χ0) is 12.5. The first-order valence-corrected chi connectivity index (χ1v) is 7.33. The van der Waals surface area contributed by atoms with Crippen LogP contribution in [-0.2, 0) is 10.0 Å². The predicted octanol–water partition coefficient (Wildman–Crippen LogP) is 1.69. The molecule has 1 fully saturated rings. The molecule has 2 N–H and O–H groups in total. The number of hydrogen-bond acceptors (Lipinski definition) is 3. The molecule has 0 amide bonds. The zero-order valence-corrected chi connectivity index (χ0v) is 10.8. The van der Waals surface area contributed by atoms with E-state index in [4.69, 9.17) is 5.73 Å². The topological polar surface area (TPSA) is 63.4 Å². The summed E-state index contributed by atoms with van der Waals surface area (Å²) in [5.74, 6) is 0.547. The SMILES string of the molecule is CCN(CC1CC1)S(=O)(=O)c1cccc(N)c1. The summed E-state index contributed by atoms with van der Waals surface area (Å²) in [6.07, 6.45) is 2.28. The highest BCUT2D eigenvalue weighted by Crippen LogP contribution is 2.31. The van der Waals surface area contributed by atoms with Gasteiger partial charge in [0.1, 0.15) is 0 Å². The maximum atomic E-state index is 12.3. The molecule has 2 rings (SSSR count). The second-order valence-electron chi connectivity index (χ2n) is 4.47. The molecule has 1 aromatic carbocycles. The van der Waals surface area contributed by atoms with Crippen molar-refractivity contribution in [3.05, 3.63) is 24.3 Å². The molecule has 1 aliphatic rings. The number of nitrogens with two attached hydrogens (primary N) is 1. The van der Waals surface area contributed by atoms with Gasteiger partial charge in [-0.25, -0.2) is 8.42 Å². The van der Waals surface area contributed by atoms with Gasteiger partial charge in [-0.05, 0) is 37.0 Å². The van der Waals surface area contributed by atoms with Gasteiger partial charge in [-0.15, -0.1) is 0 Å². The van der Waals surface area contributed by atoms with Crippen molar-refractivity contribution >= 4 is 15.7 Å². The smallest absolute Gasteiger partial charge is 0.243 e. The number of anilines is 1. The van der Waals surface area contributed by atoms with E-state index in [1.54, 1.807) is 22.5 Å². The fourth-order valence-electron chi connectivity index (χ4n) is 1.81. The molecular weight excluding hydrogens is 236 g/mol. The van der Waals surface area contributed by atoms with E-state index in [2.05, 4.69) is 0 Å². The predicted molar refractivity (Wildman–Crippen MR) is 68.0 cm³/mol. The average Bonchev–Trinajstić information content (AvgIpc) is 3.09. The van der Waals surface area contributed by atoms with Crippen LogP contribution in [-0.4, -0.2) is 25.8 Å². The lowest BCUT2D eigenvalue weighted by molar-refractivity contribution is 0.412. The van der Waals surface area contributed by atoms with Crippen LogP contribution in [0.3, 0.4) is 0 Å². The third-order valence-electron chi connectivity index (χ3n) is 3.01. The molecule has 0 spiro atoms. The second kappa shape index (κ2) is 4.66. The fraction of sp³-hybridized carbons (Fsp3) is 0.500. The molecule has 0 saturated heterocycles. The van der Waals surface area contributed by atoms with Crippen molar-refractivity contribution in [2.75, 3.05) is 18.8 Å². The molecule has 1 saturated carbocycles. The summed E-state index contributed by atoms with van der Waals surface area (Å²) in [6.45, 7) is 3.01. The lowest BCUT2D eigenvalue weighted by Crippen LogP contribution is -2.32. The quantitative estimate of drug-likeness (QED) is 0.813. The maximum Gasteiger partial charge on any atom is 0.243 e. The molecule has 1 aliphatic carbocycles. The Morgan fingerprint density at radius 2 is 2.12 bits per heavy atom. The number of nitrogen functional groups attached to an aromatic ring is 1. The highest BCUT2D eigenvalue weighted by atomic mass is 32.2. The summed E-state index contributed by atoms with van der Waals surface area (Å²) in [4.78, 5) is 0.292. The van der Waals surface area contributed by atoms with Crippen LogP contribution >= 0.6 is 0 Å². The summed E-state index contributed by atoms with van der Waals surface area (Å²) in [5.41, 5.74) is 6.11. The van der Waals surface area contributed by atoms with Gasteiger partial charge in [0.2, 0.25) is 10.0 Å². The Kier molecular flexibility index (Phi) is 3.40. The molecule has 94 valence electrons. The Morgan fingerprint density at radius 1 is 1.41 bits per heavy atom. The van der Waals surface area contributed by atoms with Gasteiger partial charge < -0.3 is 5.73 Å².